The highest BCUT2D eigenvalue weighted by atomic mass is 32.2. The van der Waals surface area contributed by atoms with Gasteiger partial charge in [-0.3, -0.25) is 9.59 Å². The number of allylic oxidation sites excluding steroid dienone is 1. The van der Waals surface area contributed by atoms with Gasteiger partial charge in [0.05, 0.1) is 4.90 Å². The van der Waals surface area contributed by atoms with Gasteiger partial charge in [-0.1, -0.05) is 18.2 Å². The van der Waals surface area contributed by atoms with Crippen molar-refractivity contribution >= 4 is 21.8 Å². The van der Waals surface area contributed by atoms with Crippen molar-refractivity contribution in [2.45, 2.75) is 83.8 Å². The molecule has 0 atom stereocenters. The monoisotopic (exact) mass is 436 g/mol. The lowest BCUT2D eigenvalue weighted by molar-refractivity contribution is -0.183. The molecule has 2 rings (SSSR count). The van der Waals surface area contributed by atoms with E-state index < -0.39 is 38.4 Å². The molecule has 1 aromatic rings. The van der Waals surface area contributed by atoms with Gasteiger partial charge in [0, 0.05) is 4.91 Å². The normalized spacial score (nSPS) is 17.4. The second-order valence-electron chi connectivity index (χ2n) is 9.63. The molecule has 0 heterocycles. The summed E-state index contributed by atoms with van der Waals surface area (Å²) in [5.41, 5.74) is -3.30. The van der Waals surface area contributed by atoms with Crippen LogP contribution in [0.3, 0.4) is 0 Å². The third-order valence-corrected chi connectivity index (χ3v) is 6.94. The maximum absolute atomic E-state index is 13.3. The molecule has 7 heteroatoms. The fourth-order valence-corrected chi connectivity index (χ4v) is 5.32. The van der Waals surface area contributed by atoms with Crippen molar-refractivity contribution in [3.63, 3.8) is 0 Å². The Balaban J connectivity index is 2.70. The number of hydrogen-bond acceptors (Lipinski definition) is 6. The van der Waals surface area contributed by atoms with Gasteiger partial charge in [-0.05, 0) is 85.4 Å². The van der Waals surface area contributed by atoms with Gasteiger partial charge in [0.25, 0.3) is 0 Å². The number of carbonyl (C=O) groups excluding carboxylic acids is 2. The molecule has 0 fully saturated rings. The summed E-state index contributed by atoms with van der Waals surface area (Å²) in [5.74, 6) is -1.55. The Morgan fingerprint density at radius 2 is 1.37 bits per heavy atom. The maximum atomic E-state index is 13.3. The van der Waals surface area contributed by atoms with Crippen molar-refractivity contribution in [1.82, 2.24) is 0 Å². The van der Waals surface area contributed by atoms with Crippen LogP contribution in [0.15, 0.2) is 45.7 Å². The van der Waals surface area contributed by atoms with Crippen LogP contribution in [-0.4, -0.2) is 31.6 Å². The summed E-state index contributed by atoms with van der Waals surface area (Å²) in [6.07, 6.45) is 0.726. The minimum atomic E-state index is -3.87. The molecule has 30 heavy (non-hydrogen) atoms. The highest BCUT2D eigenvalue weighted by Crippen LogP contribution is 2.46. The fraction of sp³-hybridized carbons (Fsp3) is 0.565. The van der Waals surface area contributed by atoms with Crippen LogP contribution < -0.4 is 0 Å². The summed E-state index contributed by atoms with van der Waals surface area (Å²) in [7, 11) is -3.87. The highest BCUT2D eigenvalue weighted by molar-refractivity contribution is 7.95. The first-order valence-corrected chi connectivity index (χ1v) is 11.6. The molecule has 0 aliphatic heterocycles. The van der Waals surface area contributed by atoms with E-state index in [1.54, 1.807) is 59.7 Å². The van der Waals surface area contributed by atoms with E-state index in [1.807, 2.05) is 0 Å². The van der Waals surface area contributed by atoms with Crippen molar-refractivity contribution in [2.75, 3.05) is 0 Å². The number of ether oxygens (including phenoxy) is 2. The van der Waals surface area contributed by atoms with Crippen molar-refractivity contribution in [2.24, 2.45) is 5.41 Å². The van der Waals surface area contributed by atoms with Crippen molar-refractivity contribution < 1.29 is 27.5 Å². The van der Waals surface area contributed by atoms with E-state index in [4.69, 9.17) is 9.47 Å². The molecule has 0 spiro atoms. The molecule has 166 valence electrons. The van der Waals surface area contributed by atoms with Crippen LogP contribution >= 0.6 is 0 Å². The molecule has 0 bridgehead atoms. The number of esters is 2. The SMILES string of the molecule is CC1=C(S(=O)(=O)c2ccccc2)CCCC1(C(=O)OC(C)(C)C)C(=O)OC(C)(C)C. The maximum Gasteiger partial charge on any atom is 0.328 e. The topological polar surface area (TPSA) is 86.7 Å². The van der Waals surface area contributed by atoms with Crippen molar-refractivity contribution in [1.29, 1.82) is 0 Å². The predicted molar refractivity (Wildman–Crippen MR) is 114 cm³/mol. The van der Waals surface area contributed by atoms with Crippen LogP contribution in [0.1, 0.15) is 67.7 Å². The van der Waals surface area contributed by atoms with Gasteiger partial charge in [-0.15, -0.1) is 0 Å². The van der Waals surface area contributed by atoms with Gasteiger partial charge in [0.2, 0.25) is 9.84 Å². The molecule has 0 amide bonds. The van der Waals surface area contributed by atoms with E-state index in [2.05, 4.69) is 0 Å². The number of carbonyl (C=O) groups is 2. The van der Waals surface area contributed by atoms with Crippen LogP contribution in [0.4, 0.5) is 0 Å². The highest BCUT2D eigenvalue weighted by Gasteiger charge is 2.55. The molecule has 1 aliphatic rings. The molecule has 6 nitrogen and oxygen atoms in total. The quantitative estimate of drug-likeness (QED) is 0.507. The van der Waals surface area contributed by atoms with Gasteiger partial charge in [0.15, 0.2) is 5.41 Å². The van der Waals surface area contributed by atoms with Gasteiger partial charge < -0.3 is 9.47 Å². The lowest BCUT2D eigenvalue weighted by atomic mass is 9.72. The average molecular weight is 437 g/mol. The van der Waals surface area contributed by atoms with Crippen LogP contribution in [0.2, 0.25) is 0 Å². The molecular weight excluding hydrogens is 404 g/mol. The second-order valence-corrected chi connectivity index (χ2v) is 11.6. The number of benzene rings is 1. The molecule has 0 radical (unpaired) electrons. The summed E-state index contributed by atoms with van der Waals surface area (Å²) in [5, 5.41) is 0. The molecular formula is C23H32O6S. The number of rotatable bonds is 4. The smallest absolute Gasteiger partial charge is 0.328 e. The number of hydrogen-bond donors (Lipinski definition) is 0. The zero-order valence-corrected chi connectivity index (χ0v) is 19.7. The number of sulfone groups is 1. The molecule has 0 aromatic heterocycles. The Kier molecular flexibility index (Phi) is 6.57. The molecule has 0 N–H and O–H groups in total. The Labute approximate surface area is 179 Å². The molecule has 1 aromatic carbocycles. The Hall–Kier alpha value is -2.15. The molecule has 0 saturated carbocycles. The lowest BCUT2D eigenvalue weighted by Crippen LogP contribution is -2.49. The van der Waals surface area contributed by atoms with E-state index >= 15 is 0 Å². The van der Waals surface area contributed by atoms with Gasteiger partial charge in [-0.2, -0.15) is 0 Å². The van der Waals surface area contributed by atoms with E-state index in [1.165, 1.54) is 19.1 Å². The summed E-state index contributed by atoms with van der Waals surface area (Å²) in [6, 6.07) is 8.02. The molecule has 1 aliphatic carbocycles. The zero-order valence-electron chi connectivity index (χ0n) is 18.9. The Morgan fingerprint density at radius 3 is 1.80 bits per heavy atom. The molecule has 0 unspecified atom stereocenters. The van der Waals surface area contributed by atoms with Crippen LogP contribution in [0.25, 0.3) is 0 Å². The van der Waals surface area contributed by atoms with Gasteiger partial charge >= 0.3 is 11.9 Å². The van der Waals surface area contributed by atoms with Gasteiger partial charge in [-0.25, -0.2) is 8.42 Å². The first-order chi connectivity index (χ1) is 13.6. The fourth-order valence-electron chi connectivity index (χ4n) is 3.53. The van der Waals surface area contributed by atoms with E-state index in [0.717, 1.165) is 0 Å². The first-order valence-electron chi connectivity index (χ1n) is 10.1. The standard InChI is InChI=1S/C23H32O6S/c1-16-18(30(26,27)17-12-9-8-10-13-17)14-11-15-23(16,19(24)28-21(2,3)4)20(25)29-22(5,6)7/h8-10,12-13H,11,14-15H2,1-7H3. The summed E-state index contributed by atoms with van der Waals surface area (Å²) >= 11 is 0. The Morgan fingerprint density at radius 1 is 0.900 bits per heavy atom. The Bertz CT molecular complexity index is 916. The van der Waals surface area contributed by atoms with Crippen molar-refractivity contribution in [3.05, 3.63) is 40.8 Å². The summed E-state index contributed by atoms with van der Waals surface area (Å²) in [6.45, 7) is 11.8. The summed E-state index contributed by atoms with van der Waals surface area (Å²) in [4.78, 5) is 26.9. The average Bonchev–Trinajstić information content (AvgIpc) is 2.59. The van der Waals surface area contributed by atoms with Crippen molar-refractivity contribution in [3.8, 4) is 0 Å². The van der Waals surface area contributed by atoms with Crippen LogP contribution in [-0.2, 0) is 28.9 Å². The lowest BCUT2D eigenvalue weighted by Gasteiger charge is -2.38. The zero-order chi connectivity index (χ0) is 23.0. The third kappa shape index (κ3) is 4.94. The van der Waals surface area contributed by atoms with Crippen LogP contribution in [0.5, 0.6) is 0 Å². The van der Waals surface area contributed by atoms with E-state index in [9.17, 15) is 18.0 Å². The first kappa shape index (κ1) is 24.1. The third-order valence-electron chi connectivity index (χ3n) is 4.89. The summed E-state index contributed by atoms with van der Waals surface area (Å²) < 4.78 is 37.8. The predicted octanol–water partition coefficient (Wildman–Crippen LogP) is 4.59. The second kappa shape index (κ2) is 8.17. The minimum Gasteiger partial charge on any atom is -0.459 e. The minimum absolute atomic E-state index is 0.0802. The van der Waals surface area contributed by atoms with Crippen LogP contribution in [0, 0.1) is 5.41 Å². The largest absolute Gasteiger partial charge is 0.459 e. The van der Waals surface area contributed by atoms with Gasteiger partial charge in [0.1, 0.15) is 11.2 Å². The molecule has 0 saturated heterocycles. The van der Waals surface area contributed by atoms with E-state index in [-0.39, 0.29) is 28.2 Å². The van der Waals surface area contributed by atoms with E-state index in [0.29, 0.717) is 6.42 Å².